The van der Waals surface area contributed by atoms with Crippen molar-refractivity contribution in [2.24, 2.45) is 0 Å². The molecule has 0 spiro atoms. The van der Waals surface area contributed by atoms with Gasteiger partial charge in [-0.3, -0.25) is 4.79 Å². The monoisotopic (exact) mass is 258 g/mol. The third kappa shape index (κ3) is 4.29. The van der Waals surface area contributed by atoms with Crippen molar-refractivity contribution in [1.82, 2.24) is 0 Å². The van der Waals surface area contributed by atoms with Gasteiger partial charge in [-0.15, -0.1) is 0 Å². The summed E-state index contributed by atoms with van der Waals surface area (Å²) < 4.78 is 31.3. The highest BCUT2D eigenvalue weighted by Crippen LogP contribution is 2.21. The van der Waals surface area contributed by atoms with Gasteiger partial charge in [-0.1, -0.05) is 6.92 Å². The molecule has 4 nitrogen and oxygen atoms in total. The van der Waals surface area contributed by atoms with Gasteiger partial charge < -0.3 is 15.8 Å². The number of nitrogen functional groups attached to an aromatic ring is 1. The number of benzene rings is 1. The maximum absolute atomic E-state index is 13.3. The van der Waals surface area contributed by atoms with Gasteiger partial charge >= 0.3 is 0 Å². The quantitative estimate of drug-likeness (QED) is 0.608. The van der Waals surface area contributed by atoms with E-state index in [1.54, 1.807) is 0 Å². The summed E-state index contributed by atoms with van der Waals surface area (Å²) in [6, 6.07) is 1.69. The SMILES string of the molecule is CCCOCCC(=O)Nc1cc(N)c(F)cc1F. The van der Waals surface area contributed by atoms with Gasteiger partial charge in [0.25, 0.3) is 0 Å². The van der Waals surface area contributed by atoms with Crippen molar-refractivity contribution >= 4 is 17.3 Å². The van der Waals surface area contributed by atoms with Crippen LogP contribution in [0.25, 0.3) is 0 Å². The zero-order valence-corrected chi connectivity index (χ0v) is 10.1. The zero-order valence-electron chi connectivity index (χ0n) is 10.1. The molecular formula is C12H16F2N2O2. The van der Waals surface area contributed by atoms with Gasteiger partial charge in [0.1, 0.15) is 11.6 Å². The number of nitrogens with two attached hydrogens (primary N) is 1. The predicted octanol–water partition coefficient (Wildman–Crippen LogP) is 2.30. The Kier molecular flexibility index (Phi) is 5.51. The van der Waals surface area contributed by atoms with E-state index in [1.165, 1.54) is 0 Å². The topological polar surface area (TPSA) is 64.3 Å². The molecule has 1 amide bonds. The molecule has 0 saturated carbocycles. The summed E-state index contributed by atoms with van der Waals surface area (Å²) in [6.07, 6.45) is 0.974. The normalized spacial score (nSPS) is 10.4. The summed E-state index contributed by atoms with van der Waals surface area (Å²) in [5.41, 5.74) is 4.94. The van der Waals surface area contributed by atoms with Gasteiger partial charge in [-0.25, -0.2) is 8.78 Å². The molecule has 0 atom stereocenters. The number of carbonyl (C=O) groups excluding carboxylic acids is 1. The Morgan fingerprint density at radius 2 is 2.06 bits per heavy atom. The lowest BCUT2D eigenvalue weighted by Gasteiger charge is -2.08. The van der Waals surface area contributed by atoms with Crippen molar-refractivity contribution in [2.75, 3.05) is 24.3 Å². The van der Waals surface area contributed by atoms with Crippen LogP contribution in [0.5, 0.6) is 0 Å². The van der Waals surface area contributed by atoms with Crippen LogP contribution in [0.1, 0.15) is 19.8 Å². The summed E-state index contributed by atoms with van der Waals surface area (Å²) in [5.74, 6) is -2.11. The zero-order chi connectivity index (χ0) is 13.5. The van der Waals surface area contributed by atoms with Gasteiger partial charge in [-0.05, 0) is 12.5 Å². The lowest BCUT2D eigenvalue weighted by molar-refractivity contribution is -0.117. The minimum absolute atomic E-state index is 0.108. The maximum Gasteiger partial charge on any atom is 0.226 e. The van der Waals surface area contributed by atoms with E-state index in [2.05, 4.69) is 5.32 Å². The lowest BCUT2D eigenvalue weighted by atomic mass is 10.2. The van der Waals surface area contributed by atoms with E-state index in [0.717, 1.165) is 12.5 Å². The van der Waals surface area contributed by atoms with Crippen molar-refractivity contribution in [3.8, 4) is 0 Å². The molecule has 1 rings (SSSR count). The van der Waals surface area contributed by atoms with Crippen molar-refractivity contribution in [3.63, 3.8) is 0 Å². The average Bonchev–Trinajstić information content (AvgIpc) is 2.32. The van der Waals surface area contributed by atoms with Crippen LogP contribution < -0.4 is 11.1 Å². The molecule has 0 radical (unpaired) electrons. The number of hydrogen-bond donors (Lipinski definition) is 2. The first kappa shape index (κ1) is 14.4. The summed E-state index contributed by atoms with van der Waals surface area (Å²) in [6.45, 7) is 2.79. The van der Waals surface area contributed by atoms with Gasteiger partial charge in [0, 0.05) is 12.7 Å². The fourth-order valence-electron chi connectivity index (χ4n) is 1.29. The molecule has 0 fully saturated rings. The van der Waals surface area contributed by atoms with Gasteiger partial charge in [0.2, 0.25) is 5.91 Å². The van der Waals surface area contributed by atoms with Crippen molar-refractivity contribution in [2.45, 2.75) is 19.8 Å². The van der Waals surface area contributed by atoms with E-state index < -0.39 is 17.5 Å². The van der Waals surface area contributed by atoms with E-state index in [1.807, 2.05) is 6.92 Å². The second-order valence-electron chi connectivity index (χ2n) is 3.76. The van der Waals surface area contributed by atoms with Crippen LogP contribution >= 0.6 is 0 Å². The minimum atomic E-state index is -0.857. The van der Waals surface area contributed by atoms with Crippen molar-refractivity contribution in [3.05, 3.63) is 23.8 Å². The molecule has 0 heterocycles. The molecule has 3 N–H and O–H groups in total. The van der Waals surface area contributed by atoms with Gasteiger partial charge in [0.05, 0.1) is 24.4 Å². The smallest absolute Gasteiger partial charge is 0.226 e. The molecular weight excluding hydrogens is 242 g/mol. The highest BCUT2D eigenvalue weighted by atomic mass is 19.1. The molecule has 0 aliphatic rings. The third-order valence-corrected chi connectivity index (χ3v) is 2.18. The van der Waals surface area contributed by atoms with Crippen LogP contribution in [0.3, 0.4) is 0 Å². The van der Waals surface area contributed by atoms with E-state index in [0.29, 0.717) is 12.7 Å². The van der Waals surface area contributed by atoms with Crippen LogP contribution in [0.2, 0.25) is 0 Å². The number of hydrogen-bond acceptors (Lipinski definition) is 3. The second-order valence-corrected chi connectivity index (χ2v) is 3.76. The summed E-state index contributed by atoms with van der Waals surface area (Å²) in [4.78, 5) is 11.4. The molecule has 0 aliphatic heterocycles. The first-order valence-electron chi connectivity index (χ1n) is 5.66. The van der Waals surface area contributed by atoms with Crippen LogP contribution in [-0.4, -0.2) is 19.1 Å². The third-order valence-electron chi connectivity index (χ3n) is 2.18. The number of halogens is 2. The first-order valence-corrected chi connectivity index (χ1v) is 5.66. The largest absolute Gasteiger partial charge is 0.396 e. The van der Waals surface area contributed by atoms with Crippen LogP contribution in [0, 0.1) is 11.6 Å². The summed E-state index contributed by atoms with van der Waals surface area (Å²) >= 11 is 0. The molecule has 1 aromatic rings. The van der Waals surface area contributed by atoms with Gasteiger partial charge in [-0.2, -0.15) is 0 Å². The number of rotatable bonds is 6. The number of ether oxygens (including phenoxy) is 1. The molecule has 18 heavy (non-hydrogen) atoms. The molecule has 0 aliphatic carbocycles. The Labute approximate surface area is 104 Å². The second kappa shape index (κ2) is 6.90. The van der Waals surface area contributed by atoms with Crippen molar-refractivity contribution < 1.29 is 18.3 Å². The minimum Gasteiger partial charge on any atom is -0.396 e. The maximum atomic E-state index is 13.3. The molecule has 6 heteroatoms. The fraction of sp³-hybridized carbons (Fsp3) is 0.417. The highest BCUT2D eigenvalue weighted by Gasteiger charge is 2.10. The number of anilines is 2. The highest BCUT2D eigenvalue weighted by molar-refractivity contribution is 5.91. The Hall–Kier alpha value is -1.69. The van der Waals surface area contributed by atoms with E-state index in [4.69, 9.17) is 10.5 Å². The summed E-state index contributed by atoms with van der Waals surface area (Å²) in [7, 11) is 0. The number of nitrogens with one attached hydrogen (secondary N) is 1. The average molecular weight is 258 g/mol. The standard InChI is InChI=1S/C12H16F2N2O2/c1-2-4-18-5-3-12(17)16-11-7-10(15)8(13)6-9(11)14/h6-7H,2-5,15H2,1H3,(H,16,17). The first-order chi connectivity index (χ1) is 8.54. The molecule has 1 aromatic carbocycles. The number of amides is 1. The predicted molar refractivity (Wildman–Crippen MR) is 65.1 cm³/mol. The Bertz CT molecular complexity index is 425. The van der Waals surface area contributed by atoms with E-state index in [9.17, 15) is 13.6 Å². The fourth-order valence-corrected chi connectivity index (χ4v) is 1.29. The molecule has 100 valence electrons. The molecule has 0 saturated heterocycles. The van der Waals surface area contributed by atoms with Crippen molar-refractivity contribution in [1.29, 1.82) is 0 Å². The van der Waals surface area contributed by atoms with Crippen LogP contribution in [-0.2, 0) is 9.53 Å². The molecule has 0 aromatic heterocycles. The Balaban J connectivity index is 2.51. The van der Waals surface area contributed by atoms with Gasteiger partial charge in [0.15, 0.2) is 0 Å². The summed E-state index contributed by atoms with van der Waals surface area (Å²) in [5, 5.41) is 2.31. The van der Waals surface area contributed by atoms with E-state index >= 15 is 0 Å². The molecule has 0 unspecified atom stereocenters. The molecule has 0 bridgehead atoms. The van der Waals surface area contributed by atoms with Crippen LogP contribution in [0.4, 0.5) is 20.2 Å². The van der Waals surface area contributed by atoms with Crippen LogP contribution in [0.15, 0.2) is 12.1 Å². The Morgan fingerprint density at radius 3 is 2.72 bits per heavy atom. The number of carbonyl (C=O) groups is 1. The Morgan fingerprint density at radius 1 is 1.33 bits per heavy atom. The lowest BCUT2D eigenvalue weighted by Crippen LogP contribution is -2.15. The van der Waals surface area contributed by atoms with E-state index in [-0.39, 0.29) is 24.4 Å².